The summed E-state index contributed by atoms with van der Waals surface area (Å²) >= 11 is 0. The highest BCUT2D eigenvalue weighted by molar-refractivity contribution is 5.77. The molecule has 0 aliphatic heterocycles. The minimum atomic E-state index is -0.509. The maximum atomic E-state index is 10.3. The molecule has 2 aromatic rings. The van der Waals surface area contributed by atoms with Crippen LogP contribution in [0.1, 0.15) is 52.4 Å². The molecule has 2 rings (SSSR count). The summed E-state index contributed by atoms with van der Waals surface area (Å²) in [6, 6.07) is 9.82. The van der Waals surface area contributed by atoms with E-state index in [2.05, 4.69) is 27.7 Å². The van der Waals surface area contributed by atoms with Crippen LogP contribution in [0.25, 0.3) is 11.0 Å². The molecule has 0 saturated carbocycles. The second-order valence-corrected chi connectivity index (χ2v) is 6.81. The van der Waals surface area contributed by atoms with Gasteiger partial charge in [-0.1, -0.05) is 45.9 Å². The molecule has 1 N–H and O–H groups in total. The largest absolute Gasteiger partial charge is 0.458 e. The Labute approximate surface area is 115 Å². The molecule has 0 fully saturated rings. The fraction of sp³-hybridized carbons (Fsp3) is 0.529. The van der Waals surface area contributed by atoms with Gasteiger partial charge in [-0.25, -0.2) is 0 Å². The van der Waals surface area contributed by atoms with Crippen LogP contribution in [0, 0.1) is 11.3 Å². The van der Waals surface area contributed by atoms with Gasteiger partial charge in [0.2, 0.25) is 0 Å². The van der Waals surface area contributed by atoms with Gasteiger partial charge in [0.1, 0.15) is 17.4 Å². The normalized spacial score (nSPS) is 15.6. The quantitative estimate of drug-likeness (QED) is 0.845. The molecule has 0 spiro atoms. The van der Waals surface area contributed by atoms with E-state index in [0.717, 1.165) is 23.8 Å². The predicted molar refractivity (Wildman–Crippen MR) is 79.0 cm³/mol. The van der Waals surface area contributed by atoms with E-state index < -0.39 is 6.10 Å². The zero-order chi connectivity index (χ0) is 14.0. The smallest absolute Gasteiger partial charge is 0.134 e. The topological polar surface area (TPSA) is 33.4 Å². The Bertz CT molecular complexity index is 500. The zero-order valence-electron chi connectivity index (χ0n) is 12.3. The standard InChI is InChI=1S/C17H24O2/c1-12(11-17(2,3)4)9-14(18)16-10-13-7-5-6-8-15(13)19-16/h5-8,10,12,14,18H,9,11H2,1-4H3. The van der Waals surface area contributed by atoms with Gasteiger partial charge in [-0.05, 0) is 36.3 Å². The van der Waals surface area contributed by atoms with Crippen molar-refractivity contribution in [3.05, 3.63) is 36.1 Å². The second-order valence-electron chi connectivity index (χ2n) is 6.81. The van der Waals surface area contributed by atoms with Crippen molar-refractivity contribution in [1.29, 1.82) is 0 Å². The highest BCUT2D eigenvalue weighted by Crippen LogP contribution is 2.32. The van der Waals surface area contributed by atoms with Crippen molar-refractivity contribution in [2.24, 2.45) is 11.3 Å². The summed E-state index contributed by atoms with van der Waals surface area (Å²) in [7, 11) is 0. The number of hydrogen-bond donors (Lipinski definition) is 1. The van der Waals surface area contributed by atoms with Gasteiger partial charge in [0.15, 0.2) is 0 Å². The van der Waals surface area contributed by atoms with Crippen molar-refractivity contribution < 1.29 is 9.52 Å². The van der Waals surface area contributed by atoms with E-state index in [1.807, 2.05) is 30.3 Å². The van der Waals surface area contributed by atoms with Crippen molar-refractivity contribution in [2.45, 2.75) is 46.6 Å². The molecule has 1 aromatic carbocycles. The van der Waals surface area contributed by atoms with Crippen LogP contribution in [0.3, 0.4) is 0 Å². The first kappa shape index (κ1) is 14.1. The molecule has 1 aromatic heterocycles. The summed E-state index contributed by atoms with van der Waals surface area (Å²) in [5.41, 5.74) is 1.15. The van der Waals surface area contributed by atoms with Crippen LogP contribution >= 0.6 is 0 Å². The Morgan fingerprint density at radius 2 is 1.89 bits per heavy atom. The second kappa shape index (κ2) is 5.38. The molecule has 2 atom stereocenters. The molecular weight excluding hydrogens is 236 g/mol. The van der Waals surface area contributed by atoms with Crippen LogP contribution in [0.4, 0.5) is 0 Å². The van der Waals surface area contributed by atoms with Gasteiger partial charge in [-0.2, -0.15) is 0 Å². The van der Waals surface area contributed by atoms with E-state index in [0.29, 0.717) is 17.1 Å². The summed E-state index contributed by atoms with van der Waals surface area (Å²) in [6.07, 6.45) is 1.34. The summed E-state index contributed by atoms with van der Waals surface area (Å²) in [4.78, 5) is 0. The number of hydrogen-bond acceptors (Lipinski definition) is 2. The minimum absolute atomic E-state index is 0.299. The van der Waals surface area contributed by atoms with E-state index in [9.17, 15) is 5.11 Å². The Kier molecular flexibility index (Phi) is 4.00. The Balaban J connectivity index is 2.05. The van der Waals surface area contributed by atoms with Gasteiger partial charge in [0, 0.05) is 5.39 Å². The van der Waals surface area contributed by atoms with E-state index in [-0.39, 0.29) is 0 Å². The zero-order valence-corrected chi connectivity index (χ0v) is 12.3. The van der Waals surface area contributed by atoms with Crippen molar-refractivity contribution >= 4 is 11.0 Å². The molecule has 0 amide bonds. The number of benzene rings is 1. The van der Waals surface area contributed by atoms with Crippen LogP contribution in [0.15, 0.2) is 34.7 Å². The van der Waals surface area contributed by atoms with Crippen LogP contribution < -0.4 is 0 Å². The molecular formula is C17H24O2. The average molecular weight is 260 g/mol. The van der Waals surface area contributed by atoms with Gasteiger partial charge in [0.25, 0.3) is 0 Å². The Hall–Kier alpha value is -1.28. The lowest BCUT2D eigenvalue weighted by Crippen LogP contribution is -2.13. The number of aliphatic hydroxyl groups excluding tert-OH is 1. The van der Waals surface area contributed by atoms with Gasteiger partial charge >= 0.3 is 0 Å². The Morgan fingerprint density at radius 1 is 1.21 bits per heavy atom. The van der Waals surface area contributed by atoms with Gasteiger partial charge in [-0.3, -0.25) is 0 Å². The lowest BCUT2D eigenvalue weighted by molar-refractivity contribution is 0.114. The molecule has 1 heterocycles. The van der Waals surface area contributed by atoms with Gasteiger partial charge in [0.05, 0.1) is 0 Å². The lowest BCUT2D eigenvalue weighted by Gasteiger charge is -2.24. The number of furan rings is 1. The maximum absolute atomic E-state index is 10.3. The third-order valence-electron chi connectivity index (χ3n) is 3.36. The maximum Gasteiger partial charge on any atom is 0.134 e. The van der Waals surface area contributed by atoms with Crippen LogP contribution in [-0.2, 0) is 0 Å². The summed E-state index contributed by atoms with van der Waals surface area (Å²) in [5, 5.41) is 11.4. The van der Waals surface area contributed by atoms with Gasteiger partial charge in [-0.15, -0.1) is 0 Å². The van der Waals surface area contributed by atoms with E-state index in [1.165, 1.54) is 0 Å². The molecule has 0 bridgehead atoms. The lowest BCUT2D eigenvalue weighted by atomic mass is 9.83. The third-order valence-corrected chi connectivity index (χ3v) is 3.36. The van der Waals surface area contributed by atoms with E-state index >= 15 is 0 Å². The predicted octanol–water partition coefficient (Wildman–Crippen LogP) is 4.93. The molecule has 0 aliphatic carbocycles. The molecule has 0 aliphatic rings. The number of para-hydroxylation sites is 1. The van der Waals surface area contributed by atoms with E-state index in [4.69, 9.17) is 4.42 Å². The monoisotopic (exact) mass is 260 g/mol. The third kappa shape index (κ3) is 3.84. The van der Waals surface area contributed by atoms with Crippen LogP contribution in [0.5, 0.6) is 0 Å². The minimum Gasteiger partial charge on any atom is -0.458 e. The summed E-state index contributed by atoms with van der Waals surface area (Å²) in [6.45, 7) is 8.89. The van der Waals surface area contributed by atoms with Crippen molar-refractivity contribution in [1.82, 2.24) is 0 Å². The fourth-order valence-electron chi connectivity index (χ4n) is 2.79. The van der Waals surface area contributed by atoms with Crippen LogP contribution in [-0.4, -0.2) is 5.11 Å². The highest BCUT2D eigenvalue weighted by atomic mass is 16.4. The molecule has 19 heavy (non-hydrogen) atoms. The molecule has 104 valence electrons. The SMILES string of the molecule is CC(CC(O)c1cc2ccccc2o1)CC(C)(C)C. The van der Waals surface area contributed by atoms with Crippen LogP contribution in [0.2, 0.25) is 0 Å². The first-order chi connectivity index (χ1) is 8.85. The van der Waals surface area contributed by atoms with Gasteiger partial charge < -0.3 is 9.52 Å². The molecule has 0 saturated heterocycles. The Morgan fingerprint density at radius 3 is 2.53 bits per heavy atom. The van der Waals surface area contributed by atoms with Crippen molar-refractivity contribution in [3.8, 4) is 0 Å². The first-order valence-electron chi connectivity index (χ1n) is 7.02. The highest BCUT2D eigenvalue weighted by Gasteiger charge is 2.20. The molecule has 0 radical (unpaired) electrons. The molecule has 2 nitrogen and oxygen atoms in total. The molecule has 2 heteroatoms. The average Bonchev–Trinajstić information content (AvgIpc) is 2.69. The number of fused-ring (bicyclic) bond motifs is 1. The fourth-order valence-corrected chi connectivity index (χ4v) is 2.79. The van der Waals surface area contributed by atoms with E-state index in [1.54, 1.807) is 0 Å². The first-order valence-corrected chi connectivity index (χ1v) is 7.02. The number of aliphatic hydroxyl groups is 1. The number of rotatable bonds is 4. The molecule has 2 unspecified atom stereocenters. The van der Waals surface area contributed by atoms with Crippen molar-refractivity contribution in [3.63, 3.8) is 0 Å². The summed E-state index contributed by atoms with van der Waals surface area (Å²) < 4.78 is 5.71. The summed E-state index contributed by atoms with van der Waals surface area (Å²) in [5.74, 6) is 1.16. The van der Waals surface area contributed by atoms with Crippen molar-refractivity contribution in [2.75, 3.05) is 0 Å².